The van der Waals surface area contributed by atoms with E-state index in [9.17, 15) is 4.79 Å². The number of pyridine rings is 1. The molecule has 10 heteroatoms. The molecule has 1 aliphatic heterocycles. The monoisotopic (exact) mass is 391 g/mol. The minimum Gasteiger partial charge on any atom is -0.378 e. The van der Waals surface area contributed by atoms with Crippen LogP contribution in [0, 0.1) is 0 Å². The molecule has 132 valence electrons. The van der Waals surface area contributed by atoms with Gasteiger partial charge in [-0.05, 0) is 12.1 Å². The molecule has 0 saturated carbocycles. The van der Waals surface area contributed by atoms with Crippen molar-refractivity contribution >= 4 is 53.6 Å². The SMILES string of the molecule is Cl.Cl.NCc1nc(C(=O)Nc2ccc(N3CCOCC3)cn2)cs1. The summed E-state index contributed by atoms with van der Waals surface area (Å²) in [6, 6.07) is 3.74. The van der Waals surface area contributed by atoms with Crippen molar-refractivity contribution in [2.24, 2.45) is 5.73 Å². The summed E-state index contributed by atoms with van der Waals surface area (Å²) in [5.41, 5.74) is 6.89. The number of nitrogens with one attached hydrogen (secondary N) is 1. The molecule has 2 aromatic rings. The molecule has 1 aliphatic rings. The van der Waals surface area contributed by atoms with Gasteiger partial charge < -0.3 is 20.7 Å². The summed E-state index contributed by atoms with van der Waals surface area (Å²) in [5, 5.41) is 5.17. The van der Waals surface area contributed by atoms with Crippen LogP contribution >= 0.6 is 36.2 Å². The van der Waals surface area contributed by atoms with Crippen molar-refractivity contribution in [1.82, 2.24) is 9.97 Å². The van der Waals surface area contributed by atoms with Gasteiger partial charge >= 0.3 is 0 Å². The quantitative estimate of drug-likeness (QED) is 0.826. The third-order valence-corrected chi connectivity index (χ3v) is 4.20. The molecule has 0 radical (unpaired) electrons. The first-order chi connectivity index (χ1) is 10.8. The van der Waals surface area contributed by atoms with Crippen LogP contribution in [-0.4, -0.2) is 42.2 Å². The van der Waals surface area contributed by atoms with Crippen molar-refractivity contribution in [1.29, 1.82) is 0 Å². The average Bonchev–Trinajstić information content (AvgIpc) is 3.06. The van der Waals surface area contributed by atoms with Crippen LogP contribution in [0.1, 0.15) is 15.5 Å². The molecule has 3 heterocycles. The number of anilines is 2. The molecule has 1 fully saturated rings. The van der Waals surface area contributed by atoms with Gasteiger partial charge in [-0.1, -0.05) is 0 Å². The summed E-state index contributed by atoms with van der Waals surface area (Å²) in [5.74, 6) is 0.229. The Kier molecular flexibility index (Phi) is 8.37. The maximum absolute atomic E-state index is 12.1. The van der Waals surface area contributed by atoms with Crippen molar-refractivity contribution in [2.45, 2.75) is 6.54 Å². The van der Waals surface area contributed by atoms with E-state index in [1.807, 2.05) is 6.07 Å². The zero-order chi connectivity index (χ0) is 15.4. The van der Waals surface area contributed by atoms with Gasteiger partial charge in [0.2, 0.25) is 0 Å². The van der Waals surface area contributed by atoms with Crippen LogP contribution in [0.3, 0.4) is 0 Å². The molecular formula is C14H19Cl2N5O2S. The van der Waals surface area contributed by atoms with Gasteiger partial charge in [-0.3, -0.25) is 4.79 Å². The lowest BCUT2D eigenvalue weighted by Gasteiger charge is -2.28. The molecule has 0 spiro atoms. The average molecular weight is 392 g/mol. The van der Waals surface area contributed by atoms with E-state index in [0.29, 0.717) is 18.1 Å². The van der Waals surface area contributed by atoms with Crippen molar-refractivity contribution in [2.75, 3.05) is 36.5 Å². The second-order valence-corrected chi connectivity index (χ2v) is 5.73. The molecule has 0 aromatic carbocycles. The highest BCUT2D eigenvalue weighted by atomic mass is 35.5. The summed E-state index contributed by atoms with van der Waals surface area (Å²) in [6.07, 6.45) is 1.76. The third kappa shape index (κ3) is 5.02. The number of hydrogen-bond donors (Lipinski definition) is 2. The third-order valence-electron chi connectivity index (χ3n) is 3.32. The fraction of sp³-hybridized carbons (Fsp3) is 0.357. The maximum Gasteiger partial charge on any atom is 0.276 e. The van der Waals surface area contributed by atoms with Crippen LogP contribution in [-0.2, 0) is 11.3 Å². The van der Waals surface area contributed by atoms with Crippen molar-refractivity contribution in [3.63, 3.8) is 0 Å². The number of halogens is 2. The van der Waals surface area contributed by atoms with Crippen LogP contribution in [0.4, 0.5) is 11.5 Å². The fourth-order valence-electron chi connectivity index (χ4n) is 2.16. The Labute approximate surface area is 156 Å². The number of carbonyl (C=O) groups is 1. The number of aromatic nitrogens is 2. The van der Waals surface area contributed by atoms with Crippen molar-refractivity contribution in [3.8, 4) is 0 Å². The van der Waals surface area contributed by atoms with E-state index in [1.54, 1.807) is 17.6 Å². The summed E-state index contributed by atoms with van der Waals surface area (Å²) >= 11 is 1.37. The minimum absolute atomic E-state index is 0. The predicted octanol–water partition coefficient (Wildman–Crippen LogP) is 1.93. The number of morpholine rings is 1. The molecule has 24 heavy (non-hydrogen) atoms. The lowest BCUT2D eigenvalue weighted by Crippen LogP contribution is -2.36. The normalized spacial score (nSPS) is 13.6. The van der Waals surface area contributed by atoms with Crippen LogP contribution in [0.25, 0.3) is 0 Å². The molecular weight excluding hydrogens is 373 g/mol. The standard InChI is InChI=1S/C14H17N5O2S.2ClH/c15-7-13-17-11(9-22-13)14(20)18-12-2-1-10(8-16-12)19-3-5-21-6-4-19;;/h1-2,8-9H,3-7,15H2,(H,16,18,20);2*1H. The summed E-state index contributed by atoms with van der Waals surface area (Å²) in [6.45, 7) is 3.50. The number of hydrogen-bond acceptors (Lipinski definition) is 7. The van der Waals surface area contributed by atoms with Crippen LogP contribution in [0.5, 0.6) is 0 Å². The molecule has 0 bridgehead atoms. The molecule has 2 aromatic heterocycles. The Balaban J connectivity index is 0.00000144. The first-order valence-electron chi connectivity index (χ1n) is 7.01. The van der Waals surface area contributed by atoms with Crippen molar-refractivity contribution in [3.05, 3.63) is 34.4 Å². The smallest absolute Gasteiger partial charge is 0.276 e. The number of amides is 1. The molecule has 0 atom stereocenters. The molecule has 1 saturated heterocycles. The molecule has 0 aliphatic carbocycles. The number of nitrogens with zero attached hydrogens (tertiary/aromatic N) is 3. The topological polar surface area (TPSA) is 93.4 Å². The van der Waals surface area contributed by atoms with Gasteiger partial charge in [0.1, 0.15) is 16.5 Å². The number of ether oxygens (including phenoxy) is 1. The van der Waals surface area contributed by atoms with Gasteiger partial charge in [0.15, 0.2) is 0 Å². The van der Waals surface area contributed by atoms with E-state index in [1.165, 1.54) is 11.3 Å². The van der Waals surface area contributed by atoms with E-state index in [2.05, 4.69) is 20.2 Å². The molecule has 1 amide bonds. The van der Waals surface area contributed by atoms with E-state index in [-0.39, 0.29) is 30.7 Å². The Morgan fingerprint density at radius 2 is 2.08 bits per heavy atom. The minimum atomic E-state index is -0.275. The molecule has 3 N–H and O–H groups in total. The summed E-state index contributed by atoms with van der Waals surface area (Å²) < 4.78 is 5.32. The zero-order valence-corrected chi connectivity index (χ0v) is 15.3. The lowest BCUT2D eigenvalue weighted by atomic mass is 10.3. The van der Waals surface area contributed by atoms with E-state index >= 15 is 0 Å². The van der Waals surface area contributed by atoms with Gasteiger partial charge in [0.25, 0.3) is 5.91 Å². The number of nitrogens with two attached hydrogens (primary N) is 1. The summed E-state index contributed by atoms with van der Waals surface area (Å²) in [7, 11) is 0. The highest BCUT2D eigenvalue weighted by Gasteiger charge is 2.13. The Hall–Kier alpha value is -1.45. The number of carbonyl (C=O) groups excluding carboxylic acids is 1. The van der Waals surface area contributed by atoms with E-state index < -0.39 is 0 Å². The van der Waals surface area contributed by atoms with Gasteiger partial charge in [-0.25, -0.2) is 9.97 Å². The zero-order valence-electron chi connectivity index (χ0n) is 12.8. The maximum atomic E-state index is 12.1. The van der Waals surface area contributed by atoms with Crippen LogP contribution < -0.4 is 16.0 Å². The first-order valence-corrected chi connectivity index (χ1v) is 7.89. The van der Waals surface area contributed by atoms with E-state index in [0.717, 1.165) is 37.0 Å². The lowest BCUT2D eigenvalue weighted by molar-refractivity contribution is 0.102. The summed E-state index contributed by atoms with van der Waals surface area (Å²) in [4.78, 5) is 22.7. The van der Waals surface area contributed by atoms with Gasteiger partial charge in [0.05, 0.1) is 25.1 Å². The van der Waals surface area contributed by atoms with Crippen LogP contribution in [0.2, 0.25) is 0 Å². The number of thiazole rings is 1. The molecule has 0 unspecified atom stereocenters. The van der Waals surface area contributed by atoms with Gasteiger partial charge in [0, 0.05) is 25.0 Å². The van der Waals surface area contributed by atoms with Crippen LogP contribution in [0.15, 0.2) is 23.7 Å². The molecule has 7 nitrogen and oxygen atoms in total. The Morgan fingerprint density at radius 1 is 1.33 bits per heavy atom. The predicted molar refractivity (Wildman–Crippen MR) is 99.7 cm³/mol. The first kappa shape index (κ1) is 20.6. The molecule has 3 rings (SSSR count). The fourth-order valence-corrected chi connectivity index (χ4v) is 2.81. The second-order valence-electron chi connectivity index (χ2n) is 4.79. The largest absolute Gasteiger partial charge is 0.378 e. The highest BCUT2D eigenvalue weighted by Crippen LogP contribution is 2.17. The second kappa shape index (κ2) is 9.75. The van der Waals surface area contributed by atoms with E-state index in [4.69, 9.17) is 10.5 Å². The Bertz CT molecular complexity index is 647. The highest BCUT2D eigenvalue weighted by molar-refractivity contribution is 7.09. The Morgan fingerprint density at radius 3 is 2.67 bits per heavy atom. The number of rotatable bonds is 4. The van der Waals surface area contributed by atoms with Gasteiger partial charge in [-0.15, -0.1) is 36.2 Å². The van der Waals surface area contributed by atoms with Gasteiger partial charge in [-0.2, -0.15) is 0 Å². The van der Waals surface area contributed by atoms with Crippen molar-refractivity contribution < 1.29 is 9.53 Å².